The van der Waals surface area contributed by atoms with E-state index in [0.29, 0.717) is 0 Å². The minimum atomic E-state index is -0.388. The molecule has 116 valence electrons. The molecule has 5 rings (SSSR count). The van der Waals surface area contributed by atoms with Crippen LogP contribution < -0.4 is 5.32 Å². The molecule has 0 unspecified atom stereocenters. The van der Waals surface area contributed by atoms with Crippen LogP contribution in [0.1, 0.15) is 12.5 Å². The van der Waals surface area contributed by atoms with Crippen molar-refractivity contribution in [3.05, 3.63) is 84.4 Å². The highest BCUT2D eigenvalue weighted by atomic mass is 15.3. The third kappa shape index (κ3) is 1.69. The van der Waals surface area contributed by atoms with Crippen molar-refractivity contribution in [1.29, 1.82) is 0 Å². The van der Waals surface area contributed by atoms with E-state index >= 15 is 0 Å². The maximum Gasteiger partial charge on any atom is 0.145 e. The van der Waals surface area contributed by atoms with E-state index in [4.69, 9.17) is 4.98 Å². The van der Waals surface area contributed by atoms with E-state index in [-0.39, 0.29) is 5.66 Å². The molecule has 0 saturated heterocycles. The fourth-order valence-corrected chi connectivity index (χ4v) is 3.73. The van der Waals surface area contributed by atoms with Crippen molar-refractivity contribution < 1.29 is 0 Å². The minimum Gasteiger partial charge on any atom is -0.358 e. The van der Waals surface area contributed by atoms with Crippen LogP contribution in [0.2, 0.25) is 0 Å². The number of anilines is 1. The zero-order valence-corrected chi connectivity index (χ0v) is 13.4. The molecule has 0 bridgehead atoms. The zero-order valence-electron chi connectivity index (χ0n) is 13.4. The molecule has 0 amide bonds. The third-order valence-corrected chi connectivity index (χ3v) is 4.89. The summed E-state index contributed by atoms with van der Waals surface area (Å²) in [7, 11) is 0. The van der Waals surface area contributed by atoms with Crippen LogP contribution in [0.15, 0.2) is 78.9 Å². The lowest BCUT2D eigenvalue weighted by Gasteiger charge is -2.40. The Kier molecular flexibility index (Phi) is 2.63. The second-order valence-electron chi connectivity index (χ2n) is 6.37. The van der Waals surface area contributed by atoms with Crippen molar-refractivity contribution in [1.82, 2.24) is 9.55 Å². The Morgan fingerprint density at radius 3 is 2.42 bits per heavy atom. The second-order valence-corrected chi connectivity index (χ2v) is 6.37. The van der Waals surface area contributed by atoms with Crippen molar-refractivity contribution in [3.63, 3.8) is 0 Å². The predicted molar refractivity (Wildman–Crippen MR) is 98.0 cm³/mol. The highest BCUT2D eigenvalue weighted by Gasteiger charge is 2.37. The Labute approximate surface area is 140 Å². The van der Waals surface area contributed by atoms with Gasteiger partial charge >= 0.3 is 0 Å². The largest absolute Gasteiger partial charge is 0.358 e. The molecule has 0 saturated carbocycles. The van der Waals surface area contributed by atoms with Gasteiger partial charge in [-0.2, -0.15) is 0 Å². The summed E-state index contributed by atoms with van der Waals surface area (Å²) in [6.07, 6.45) is 0. The van der Waals surface area contributed by atoms with Gasteiger partial charge in [0.25, 0.3) is 0 Å². The molecular weight excluding hydrogens is 294 g/mol. The van der Waals surface area contributed by atoms with Crippen LogP contribution in [-0.2, 0) is 5.66 Å². The summed E-state index contributed by atoms with van der Waals surface area (Å²) >= 11 is 0. The average Bonchev–Trinajstić information content (AvgIpc) is 3.03. The molecular formula is C21H17N3. The molecule has 1 N–H and O–H groups in total. The van der Waals surface area contributed by atoms with Gasteiger partial charge in [-0.05, 0) is 36.8 Å². The SMILES string of the molecule is C[C@]1(c2ccccc2)Nc2ccccc2-c2nc3ccccc3n21. The molecule has 0 fully saturated rings. The molecule has 1 atom stereocenters. The number of nitrogens with zero attached hydrogens (tertiary/aromatic N) is 2. The molecule has 2 heterocycles. The Bertz CT molecular complexity index is 1050. The lowest BCUT2D eigenvalue weighted by molar-refractivity contribution is 0.463. The van der Waals surface area contributed by atoms with E-state index in [1.807, 2.05) is 6.07 Å². The summed E-state index contributed by atoms with van der Waals surface area (Å²) in [5.41, 5.74) is 5.24. The molecule has 0 aliphatic carbocycles. The normalized spacial score (nSPS) is 18.7. The molecule has 1 aromatic heterocycles. The van der Waals surface area contributed by atoms with Gasteiger partial charge in [0.05, 0.1) is 11.0 Å². The number of nitrogens with one attached hydrogen (secondary N) is 1. The highest BCUT2D eigenvalue weighted by molar-refractivity contribution is 5.87. The van der Waals surface area contributed by atoms with Crippen molar-refractivity contribution >= 4 is 16.7 Å². The fourth-order valence-electron chi connectivity index (χ4n) is 3.73. The standard InChI is InChI=1S/C21H17N3/c1-21(15-9-3-2-4-10-15)23-17-12-6-5-11-16(17)20-22-18-13-7-8-14-19(18)24(20)21/h2-14,23H,1H3/t21-/m0/s1. The first kappa shape index (κ1) is 13.4. The van der Waals surface area contributed by atoms with Gasteiger partial charge in [0.15, 0.2) is 0 Å². The van der Waals surface area contributed by atoms with Gasteiger partial charge in [-0.25, -0.2) is 4.98 Å². The summed E-state index contributed by atoms with van der Waals surface area (Å²) in [4.78, 5) is 4.94. The average molecular weight is 311 g/mol. The van der Waals surface area contributed by atoms with Crippen LogP contribution in [0.4, 0.5) is 5.69 Å². The van der Waals surface area contributed by atoms with Crippen LogP contribution in [-0.4, -0.2) is 9.55 Å². The number of benzene rings is 3. The van der Waals surface area contributed by atoms with Crippen molar-refractivity contribution in [3.8, 4) is 11.4 Å². The van der Waals surface area contributed by atoms with Gasteiger partial charge in [0.1, 0.15) is 11.5 Å². The van der Waals surface area contributed by atoms with E-state index in [2.05, 4.69) is 89.6 Å². The lowest BCUT2D eigenvalue weighted by atomic mass is 9.96. The molecule has 4 aromatic rings. The Morgan fingerprint density at radius 1 is 0.833 bits per heavy atom. The maximum absolute atomic E-state index is 4.94. The highest BCUT2D eigenvalue weighted by Crippen LogP contribution is 2.43. The van der Waals surface area contributed by atoms with Gasteiger partial charge in [0.2, 0.25) is 0 Å². The van der Waals surface area contributed by atoms with Crippen LogP contribution in [0.5, 0.6) is 0 Å². The first-order valence-electron chi connectivity index (χ1n) is 8.18. The number of hydrogen-bond acceptors (Lipinski definition) is 2. The summed E-state index contributed by atoms with van der Waals surface area (Å²) < 4.78 is 2.32. The van der Waals surface area contributed by atoms with Crippen molar-refractivity contribution in [2.24, 2.45) is 0 Å². The lowest BCUT2D eigenvalue weighted by Crippen LogP contribution is -2.42. The second kappa shape index (κ2) is 4.71. The minimum absolute atomic E-state index is 0.388. The number of imidazole rings is 1. The third-order valence-electron chi connectivity index (χ3n) is 4.89. The molecule has 0 spiro atoms. The monoisotopic (exact) mass is 311 g/mol. The van der Waals surface area contributed by atoms with Gasteiger partial charge < -0.3 is 5.32 Å². The van der Waals surface area contributed by atoms with Crippen LogP contribution in [0, 0.1) is 0 Å². The number of fused-ring (bicyclic) bond motifs is 5. The first-order valence-corrected chi connectivity index (χ1v) is 8.18. The summed E-state index contributed by atoms with van der Waals surface area (Å²) in [6.45, 7) is 2.22. The molecule has 3 nitrogen and oxygen atoms in total. The van der Waals surface area contributed by atoms with Gasteiger partial charge in [-0.1, -0.05) is 54.6 Å². The smallest absolute Gasteiger partial charge is 0.145 e. The van der Waals surface area contributed by atoms with Crippen LogP contribution in [0.3, 0.4) is 0 Å². The topological polar surface area (TPSA) is 29.9 Å². The first-order chi connectivity index (χ1) is 11.8. The molecule has 0 radical (unpaired) electrons. The Morgan fingerprint density at radius 2 is 1.54 bits per heavy atom. The van der Waals surface area contributed by atoms with Gasteiger partial charge in [-0.3, -0.25) is 4.57 Å². The summed E-state index contributed by atoms with van der Waals surface area (Å²) in [6, 6.07) is 27.3. The number of aromatic nitrogens is 2. The van der Waals surface area contributed by atoms with E-state index in [1.54, 1.807) is 0 Å². The molecule has 3 heteroatoms. The maximum atomic E-state index is 4.94. The number of para-hydroxylation sites is 3. The van der Waals surface area contributed by atoms with Crippen molar-refractivity contribution in [2.45, 2.75) is 12.6 Å². The quantitative estimate of drug-likeness (QED) is 0.544. The number of hydrogen-bond donors (Lipinski definition) is 1. The van der Waals surface area contributed by atoms with E-state index in [9.17, 15) is 0 Å². The zero-order chi connectivity index (χ0) is 16.1. The van der Waals surface area contributed by atoms with E-state index < -0.39 is 0 Å². The molecule has 3 aromatic carbocycles. The van der Waals surface area contributed by atoms with Crippen LogP contribution in [0.25, 0.3) is 22.4 Å². The fraction of sp³-hybridized carbons (Fsp3) is 0.0952. The van der Waals surface area contributed by atoms with E-state index in [1.165, 1.54) is 5.56 Å². The van der Waals surface area contributed by atoms with Crippen LogP contribution >= 0.6 is 0 Å². The summed E-state index contributed by atoms with van der Waals surface area (Å²) in [5.74, 6) is 1.01. The molecule has 24 heavy (non-hydrogen) atoms. The van der Waals surface area contributed by atoms with Gasteiger partial charge in [0, 0.05) is 11.3 Å². The Balaban J connectivity index is 1.91. The Hall–Kier alpha value is -3.07. The number of rotatable bonds is 1. The molecule has 1 aliphatic rings. The summed E-state index contributed by atoms with van der Waals surface area (Å²) in [5, 5.41) is 3.75. The molecule has 1 aliphatic heterocycles. The van der Waals surface area contributed by atoms with Gasteiger partial charge in [-0.15, -0.1) is 0 Å². The predicted octanol–water partition coefficient (Wildman–Crippen LogP) is 4.85. The van der Waals surface area contributed by atoms with E-state index in [0.717, 1.165) is 28.1 Å². The van der Waals surface area contributed by atoms with Crippen molar-refractivity contribution in [2.75, 3.05) is 5.32 Å².